The molecule has 1 atom stereocenters. The van der Waals surface area contributed by atoms with Crippen molar-refractivity contribution < 1.29 is 4.42 Å². The predicted octanol–water partition coefficient (Wildman–Crippen LogP) is 4.01. The number of likely N-dealkylation sites (tertiary alicyclic amines) is 1. The Kier molecular flexibility index (Phi) is 7.33. The highest BCUT2D eigenvalue weighted by Gasteiger charge is 2.26. The van der Waals surface area contributed by atoms with E-state index < -0.39 is 0 Å². The second-order valence-corrected chi connectivity index (χ2v) is 9.21. The largest absolute Gasteiger partial charge is 0.465 e. The van der Waals surface area contributed by atoms with Crippen LogP contribution in [0.5, 0.6) is 0 Å². The van der Waals surface area contributed by atoms with E-state index in [2.05, 4.69) is 57.0 Å². The zero-order chi connectivity index (χ0) is 20.8. The normalized spacial score (nSPS) is 19.9. The number of aryl methyl sites for hydroxylation is 1. The van der Waals surface area contributed by atoms with Crippen molar-refractivity contribution in [3.05, 3.63) is 41.2 Å². The molecule has 7 heteroatoms. The number of furan rings is 1. The third-order valence-corrected chi connectivity index (χ3v) is 7.02. The summed E-state index contributed by atoms with van der Waals surface area (Å²) in [6, 6.07) is 9.23. The molecule has 2 aromatic heterocycles. The van der Waals surface area contributed by atoms with Crippen LogP contribution in [0.3, 0.4) is 0 Å². The second kappa shape index (κ2) is 10.4. The fourth-order valence-corrected chi connectivity index (χ4v) is 5.24. The minimum Gasteiger partial charge on any atom is -0.465 e. The standard InChI is InChI=1S/C23H35N5OS/c1-3-24-23(26-19-10-14-28(15-11-19)22-7-6-16-30-22)25-17-20(27-12-4-5-13-27)21-9-8-18(2)29-21/h6-9,16,19-20H,3-5,10-15,17H2,1-2H3,(H2,24,25,26). The van der Waals surface area contributed by atoms with Gasteiger partial charge in [-0.05, 0) is 82.3 Å². The van der Waals surface area contributed by atoms with E-state index in [9.17, 15) is 0 Å². The van der Waals surface area contributed by atoms with Crippen molar-refractivity contribution in [3.63, 3.8) is 0 Å². The molecular formula is C23H35N5OS. The number of nitrogens with one attached hydrogen (secondary N) is 2. The molecule has 0 spiro atoms. The average molecular weight is 430 g/mol. The molecule has 4 heterocycles. The molecule has 2 saturated heterocycles. The van der Waals surface area contributed by atoms with Gasteiger partial charge in [-0.25, -0.2) is 0 Å². The van der Waals surface area contributed by atoms with E-state index in [1.54, 1.807) is 0 Å². The maximum atomic E-state index is 5.99. The van der Waals surface area contributed by atoms with E-state index in [4.69, 9.17) is 9.41 Å². The van der Waals surface area contributed by atoms with Crippen LogP contribution in [-0.2, 0) is 0 Å². The van der Waals surface area contributed by atoms with Crippen molar-refractivity contribution in [1.29, 1.82) is 0 Å². The van der Waals surface area contributed by atoms with Gasteiger partial charge in [0.05, 0.1) is 17.6 Å². The molecule has 0 radical (unpaired) electrons. The highest BCUT2D eigenvalue weighted by atomic mass is 32.1. The molecule has 2 N–H and O–H groups in total. The van der Waals surface area contributed by atoms with E-state index >= 15 is 0 Å². The smallest absolute Gasteiger partial charge is 0.191 e. The lowest BCUT2D eigenvalue weighted by molar-refractivity contribution is 0.219. The molecule has 0 saturated carbocycles. The lowest BCUT2D eigenvalue weighted by Gasteiger charge is -2.33. The predicted molar refractivity (Wildman–Crippen MR) is 126 cm³/mol. The first-order valence-corrected chi connectivity index (χ1v) is 12.2. The van der Waals surface area contributed by atoms with Crippen LogP contribution in [0.15, 0.2) is 39.1 Å². The van der Waals surface area contributed by atoms with E-state index in [-0.39, 0.29) is 6.04 Å². The highest BCUT2D eigenvalue weighted by molar-refractivity contribution is 7.14. The van der Waals surface area contributed by atoms with Gasteiger partial charge < -0.3 is 20.0 Å². The van der Waals surface area contributed by atoms with Gasteiger partial charge in [0.15, 0.2) is 5.96 Å². The molecule has 0 bridgehead atoms. The van der Waals surface area contributed by atoms with Crippen LogP contribution in [0.4, 0.5) is 5.00 Å². The van der Waals surface area contributed by atoms with Crippen LogP contribution in [0.1, 0.15) is 50.2 Å². The highest BCUT2D eigenvalue weighted by Crippen LogP contribution is 2.27. The van der Waals surface area contributed by atoms with Crippen LogP contribution in [-0.4, -0.2) is 56.2 Å². The lowest BCUT2D eigenvalue weighted by atomic mass is 10.1. The molecular weight excluding hydrogens is 394 g/mol. The molecule has 1 unspecified atom stereocenters. The maximum absolute atomic E-state index is 5.99. The summed E-state index contributed by atoms with van der Waals surface area (Å²) < 4.78 is 5.99. The molecule has 2 aliphatic rings. The Morgan fingerprint density at radius 3 is 2.63 bits per heavy atom. The fourth-order valence-electron chi connectivity index (χ4n) is 4.46. The summed E-state index contributed by atoms with van der Waals surface area (Å²) in [7, 11) is 0. The first kappa shape index (κ1) is 21.2. The van der Waals surface area contributed by atoms with E-state index in [0.717, 1.165) is 69.6 Å². The Bertz CT molecular complexity index is 788. The molecule has 4 rings (SSSR count). The molecule has 0 amide bonds. The van der Waals surface area contributed by atoms with Gasteiger partial charge in [-0.1, -0.05) is 0 Å². The Balaban J connectivity index is 1.37. The van der Waals surface area contributed by atoms with E-state index in [1.165, 1.54) is 17.8 Å². The van der Waals surface area contributed by atoms with Crippen LogP contribution in [0.2, 0.25) is 0 Å². The van der Waals surface area contributed by atoms with Crippen molar-refractivity contribution in [2.75, 3.05) is 44.2 Å². The number of piperidine rings is 1. The second-order valence-electron chi connectivity index (χ2n) is 8.28. The molecule has 0 aromatic carbocycles. The topological polar surface area (TPSA) is 56.0 Å². The maximum Gasteiger partial charge on any atom is 0.191 e. The van der Waals surface area contributed by atoms with Crippen molar-refractivity contribution in [2.45, 2.75) is 51.6 Å². The summed E-state index contributed by atoms with van der Waals surface area (Å²) in [5.74, 6) is 2.94. The number of aliphatic imine (C=N–C) groups is 1. The number of hydrogen-bond acceptors (Lipinski definition) is 5. The first-order valence-electron chi connectivity index (χ1n) is 11.4. The van der Waals surface area contributed by atoms with Crippen molar-refractivity contribution in [1.82, 2.24) is 15.5 Å². The summed E-state index contributed by atoms with van der Waals surface area (Å²) in [6.45, 7) is 10.2. The number of thiophene rings is 1. The molecule has 2 fully saturated rings. The third-order valence-electron chi connectivity index (χ3n) is 6.09. The van der Waals surface area contributed by atoms with Crippen LogP contribution < -0.4 is 15.5 Å². The van der Waals surface area contributed by atoms with Gasteiger partial charge in [-0.2, -0.15) is 0 Å². The van der Waals surface area contributed by atoms with Crippen LogP contribution in [0.25, 0.3) is 0 Å². The van der Waals surface area contributed by atoms with Crippen LogP contribution >= 0.6 is 11.3 Å². The number of rotatable bonds is 7. The van der Waals surface area contributed by atoms with Crippen molar-refractivity contribution in [3.8, 4) is 0 Å². The van der Waals surface area contributed by atoms with Gasteiger partial charge in [0.1, 0.15) is 11.5 Å². The summed E-state index contributed by atoms with van der Waals surface area (Å²) >= 11 is 1.83. The minimum absolute atomic E-state index is 0.220. The average Bonchev–Trinajstić information content (AvgIpc) is 3.52. The van der Waals surface area contributed by atoms with Gasteiger partial charge in [0.25, 0.3) is 0 Å². The number of nitrogens with zero attached hydrogens (tertiary/aromatic N) is 3. The quantitative estimate of drug-likeness (QED) is 0.514. The Hall–Kier alpha value is -1.99. The molecule has 2 aliphatic heterocycles. The zero-order valence-corrected chi connectivity index (χ0v) is 19.1. The number of guanidine groups is 1. The summed E-state index contributed by atoms with van der Waals surface area (Å²) in [5, 5.41) is 10.7. The van der Waals surface area contributed by atoms with Crippen molar-refractivity contribution in [2.24, 2.45) is 4.99 Å². The number of anilines is 1. The molecule has 164 valence electrons. The van der Waals surface area contributed by atoms with Gasteiger partial charge >= 0.3 is 0 Å². The van der Waals surface area contributed by atoms with E-state index in [1.807, 2.05) is 18.3 Å². The molecule has 6 nitrogen and oxygen atoms in total. The summed E-state index contributed by atoms with van der Waals surface area (Å²) in [6.07, 6.45) is 4.80. The Morgan fingerprint density at radius 2 is 2.00 bits per heavy atom. The monoisotopic (exact) mass is 429 g/mol. The van der Waals surface area contributed by atoms with Gasteiger partial charge in [-0.15, -0.1) is 11.3 Å². The van der Waals surface area contributed by atoms with E-state index in [0.29, 0.717) is 6.04 Å². The third kappa shape index (κ3) is 5.38. The first-order chi connectivity index (χ1) is 14.7. The van der Waals surface area contributed by atoms with Gasteiger partial charge in [-0.3, -0.25) is 9.89 Å². The summed E-state index contributed by atoms with van der Waals surface area (Å²) in [5.41, 5.74) is 0. The van der Waals surface area contributed by atoms with Gasteiger partial charge in [0.2, 0.25) is 0 Å². The lowest BCUT2D eigenvalue weighted by Crippen LogP contribution is -2.49. The SMILES string of the molecule is CCNC(=NCC(c1ccc(C)o1)N1CCCC1)NC1CCN(c2cccs2)CC1. The van der Waals surface area contributed by atoms with Gasteiger partial charge in [0, 0.05) is 25.7 Å². The molecule has 0 aliphatic carbocycles. The number of hydrogen-bond donors (Lipinski definition) is 2. The zero-order valence-electron chi connectivity index (χ0n) is 18.3. The Morgan fingerprint density at radius 1 is 1.20 bits per heavy atom. The van der Waals surface area contributed by atoms with Crippen LogP contribution in [0, 0.1) is 6.92 Å². The van der Waals surface area contributed by atoms with Crippen molar-refractivity contribution >= 4 is 22.3 Å². The Labute approximate surface area is 184 Å². The minimum atomic E-state index is 0.220. The fraction of sp³-hybridized carbons (Fsp3) is 0.609. The molecule has 30 heavy (non-hydrogen) atoms. The summed E-state index contributed by atoms with van der Waals surface area (Å²) in [4.78, 5) is 10.0. The molecule has 2 aromatic rings.